The number of halogens is 2. The molecule has 0 spiro atoms. The third-order valence-corrected chi connectivity index (χ3v) is 5.31. The first-order valence-corrected chi connectivity index (χ1v) is 9.54. The summed E-state index contributed by atoms with van der Waals surface area (Å²) in [6.45, 7) is 1.86. The van der Waals surface area contributed by atoms with Gasteiger partial charge in [0, 0.05) is 29.4 Å². The second-order valence-corrected chi connectivity index (χ2v) is 7.42. The van der Waals surface area contributed by atoms with Gasteiger partial charge >= 0.3 is 0 Å². The molecule has 0 radical (unpaired) electrons. The van der Waals surface area contributed by atoms with Crippen LogP contribution in [0.25, 0.3) is 0 Å². The molecular formula is C22H18Cl2N2O. The third-order valence-electron chi connectivity index (χ3n) is 4.75. The smallest absolute Gasteiger partial charge is 0.255 e. The molecule has 3 nitrogen and oxygen atoms in total. The Morgan fingerprint density at radius 3 is 2.59 bits per heavy atom. The van der Waals surface area contributed by atoms with E-state index in [1.165, 1.54) is 16.8 Å². The maximum atomic E-state index is 12.5. The van der Waals surface area contributed by atoms with Gasteiger partial charge in [0.2, 0.25) is 0 Å². The van der Waals surface area contributed by atoms with Crippen molar-refractivity contribution < 1.29 is 4.79 Å². The highest BCUT2D eigenvalue weighted by Crippen LogP contribution is 2.29. The number of hydrogen-bond donors (Lipinski definition) is 1. The van der Waals surface area contributed by atoms with E-state index in [0.717, 1.165) is 19.5 Å². The van der Waals surface area contributed by atoms with Crippen molar-refractivity contribution in [2.24, 2.45) is 0 Å². The average Bonchev–Trinajstić information content (AvgIpc) is 3.08. The molecule has 1 amide bonds. The van der Waals surface area contributed by atoms with Gasteiger partial charge in [0.05, 0.1) is 10.7 Å². The molecule has 0 aliphatic carbocycles. The molecule has 0 bridgehead atoms. The van der Waals surface area contributed by atoms with E-state index in [1.54, 1.807) is 18.2 Å². The largest absolute Gasteiger partial charge is 0.367 e. The van der Waals surface area contributed by atoms with Gasteiger partial charge in [0.25, 0.3) is 5.91 Å². The van der Waals surface area contributed by atoms with Crippen LogP contribution in [0.5, 0.6) is 0 Å². The molecule has 4 rings (SSSR count). The maximum absolute atomic E-state index is 12.5. The standard InChI is InChI=1S/C22H18Cl2N2O/c23-18-9-10-19(24)20(13-18)25-22(27)17-7-5-15(6-8-17)14-26-12-11-16-3-1-2-4-21(16)26/h1-10,13H,11-12,14H2,(H,25,27). The number of nitrogens with one attached hydrogen (secondary N) is 1. The SMILES string of the molecule is O=C(Nc1cc(Cl)ccc1Cl)c1ccc(CN2CCc3ccccc32)cc1. The van der Waals surface area contributed by atoms with Crippen molar-refractivity contribution in [1.82, 2.24) is 0 Å². The lowest BCUT2D eigenvalue weighted by Gasteiger charge is -2.19. The van der Waals surface area contributed by atoms with Gasteiger partial charge in [-0.25, -0.2) is 0 Å². The number of benzene rings is 3. The number of carbonyl (C=O) groups excluding carboxylic acids is 1. The van der Waals surface area contributed by atoms with Crippen molar-refractivity contribution in [1.29, 1.82) is 0 Å². The van der Waals surface area contributed by atoms with Crippen molar-refractivity contribution >= 4 is 40.5 Å². The lowest BCUT2D eigenvalue weighted by Crippen LogP contribution is -2.19. The van der Waals surface area contributed by atoms with Crippen LogP contribution in [0.2, 0.25) is 10.0 Å². The predicted octanol–water partition coefficient (Wildman–Crippen LogP) is 5.81. The molecule has 0 saturated carbocycles. The highest BCUT2D eigenvalue weighted by molar-refractivity contribution is 6.35. The van der Waals surface area contributed by atoms with Gasteiger partial charge in [-0.3, -0.25) is 4.79 Å². The van der Waals surface area contributed by atoms with Crippen LogP contribution in [0.4, 0.5) is 11.4 Å². The zero-order valence-electron chi connectivity index (χ0n) is 14.6. The monoisotopic (exact) mass is 396 g/mol. The summed E-state index contributed by atoms with van der Waals surface area (Å²) in [5.74, 6) is -0.211. The summed E-state index contributed by atoms with van der Waals surface area (Å²) in [7, 11) is 0. The number of carbonyl (C=O) groups is 1. The van der Waals surface area contributed by atoms with Crippen LogP contribution < -0.4 is 10.2 Å². The van der Waals surface area contributed by atoms with E-state index >= 15 is 0 Å². The van der Waals surface area contributed by atoms with Crippen LogP contribution in [-0.4, -0.2) is 12.5 Å². The molecule has 0 saturated heterocycles. The number of hydrogen-bond acceptors (Lipinski definition) is 2. The predicted molar refractivity (Wildman–Crippen MR) is 112 cm³/mol. The zero-order chi connectivity index (χ0) is 18.8. The highest BCUT2D eigenvalue weighted by atomic mass is 35.5. The lowest BCUT2D eigenvalue weighted by atomic mass is 10.1. The molecule has 3 aromatic rings. The van der Waals surface area contributed by atoms with E-state index in [4.69, 9.17) is 23.2 Å². The molecule has 1 aliphatic heterocycles. The van der Waals surface area contributed by atoms with Crippen LogP contribution in [0, 0.1) is 0 Å². The van der Waals surface area contributed by atoms with Gasteiger partial charge in [-0.1, -0.05) is 53.5 Å². The second-order valence-electron chi connectivity index (χ2n) is 6.58. The second kappa shape index (κ2) is 7.63. The van der Waals surface area contributed by atoms with E-state index in [2.05, 4.69) is 34.5 Å². The Bertz CT molecular complexity index is 986. The Morgan fingerprint density at radius 2 is 1.78 bits per heavy atom. The lowest BCUT2D eigenvalue weighted by molar-refractivity contribution is 0.102. The minimum atomic E-state index is -0.211. The summed E-state index contributed by atoms with van der Waals surface area (Å²) in [6.07, 6.45) is 1.08. The minimum Gasteiger partial charge on any atom is -0.367 e. The van der Waals surface area contributed by atoms with E-state index in [0.29, 0.717) is 21.3 Å². The van der Waals surface area contributed by atoms with E-state index in [9.17, 15) is 4.79 Å². The number of nitrogens with zero attached hydrogens (tertiary/aromatic N) is 1. The fourth-order valence-electron chi connectivity index (χ4n) is 3.34. The Hall–Kier alpha value is -2.49. The molecule has 1 N–H and O–H groups in total. The molecule has 0 fully saturated rings. The van der Waals surface area contributed by atoms with Gasteiger partial charge in [-0.2, -0.15) is 0 Å². The number of para-hydroxylation sites is 1. The van der Waals surface area contributed by atoms with Crippen LogP contribution in [0.3, 0.4) is 0 Å². The summed E-state index contributed by atoms with van der Waals surface area (Å²) < 4.78 is 0. The van der Waals surface area contributed by atoms with Crippen LogP contribution >= 0.6 is 23.2 Å². The van der Waals surface area contributed by atoms with Crippen LogP contribution in [0.1, 0.15) is 21.5 Å². The third kappa shape index (κ3) is 3.95. The quantitative estimate of drug-likeness (QED) is 0.603. The average molecular weight is 397 g/mol. The molecular weight excluding hydrogens is 379 g/mol. The number of rotatable bonds is 4. The highest BCUT2D eigenvalue weighted by Gasteiger charge is 2.18. The molecule has 5 heteroatoms. The maximum Gasteiger partial charge on any atom is 0.255 e. The van der Waals surface area contributed by atoms with Crippen molar-refractivity contribution in [3.63, 3.8) is 0 Å². The Balaban J connectivity index is 1.45. The minimum absolute atomic E-state index is 0.211. The van der Waals surface area contributed by atoms with Gasteiger partial charge in [-0.05, 0) is 53.9 Å². The molecule has 3 aromatic carbocycles. The Morgan fingerprint density at radius 1 is 1.00 bits per heavy atom. The Labute approximate surface area is 168 Å². The number of fused-ring (bicyclic) bond motifs is 1. The van der Waals surface area contributed by atoms with Gasteiger partial charge in [0.1, 0.15) is 0 Å². The first-order valence-electron chi connectivity index (χ1n) is 8.78. The summed E-state index contributed by atoms with van der Waals surface area (Å²) in [5.41, 5.74) is 4.95. The van der Waals surface area contributed by atoms with E-state index in [-0.39, 0.29) is 5.91 Å². The van der Waals surface area contributed by atoms with Gasteiger partial charge in [0.15, 0.2) is 0 Å². The van der Waals surface area contributed by atoms with Crippen molar-refractivity contribution in [2.75, 3.05) is 16.8 Å². The first-order chi connectivity index (χ1) is 13.1. The fraction of sp³-hybridized carbons (Fsp3) is 0.136. The molecule has 0 atom stereocenters. The molecule has 0 unspecified atom stereocenters. The van der Waals surface area contributed by atoms with Crippen molar-refractivity contribution in [2.45, 2.75) is 13.0 Å². The number of amides is 1. The van der Waals surface area contributed by atoms with E-state index in [1.807, 2.05) is 24.3 Å². The van der Waals surface area contributed by atoms with Crippen molar-refractivity contribution in [3.8, 4) is 0 Å². The zero-order valence-corrected chi connectivity index (χ0v) is 16.1. The summed E-state index contributed by atoms with van der Waals surface area (Å²) in [4.78, 5) is 14.8. The molecule has 1 aliphatic rings. The summed E-state index contributed by atoms with van der Waals surface area (Å²) in [5, 5.41) is 3.79. The molecule has 136 valence electrons. The fourth-order valence-corrected chi connectivity index (χ4v) is 3.68. The molecule has 0 aromatic heterocycles. The normalized spacial score (nSPS) is 12.7. The summed E-state index contributed by atoms with van der Waals surface area (Å²) >= 11 is 12.1. The number of anilines is 2. The van der Waals surface area contributed by atoms with Gasteiger partial charge < -0.3 is 10.2 Å². The summed E-state index contributed by atoms with van der Waals surface area (Å²) in [6, 6.07) is 21.2. The molecule has 1 heterocycles. The Kier molecular flexibility index (Phi) is 5.06. The van der Waals surface area contributed by atoms with Crippen LogP contribution in [0.15, 0.2) is 66.7 Å². The van der Waals surface area contributed by atoms with Gasteiger partial charge in [-0.15, -0.1) is 0 Å². The first kappa shape index (κ1) is 17.9. The topological polar surface area (TPSA) is 32.3 Å². The molecule has 27 heavy (non-hydrogen) atoms. The van der Waals surface area contributed by atoms with E-state index < -0.39 is 0 Å². The van der Waals surface area contributed by atoms with Crippen molar-refractivity contribution in [3.05, 3.63) is 93.5 Å². The van der Waals surface area contributed by atoms with Crippen LogP contribution in [-0.2, 0) is 13.0 Å².